The molecule has 2 aromatic carbocycles. The lowest BCUT2D eigenvalue weighted by molar-refractivity contribution is -0.138. The summed E-state index contributed by atoms with van der Waals surface area (Å²) in [6, 6.07) is 13.3. The number of alkyl halides is 3. The van der Waals surface area contributed by atoms with Crippen molar-refractivity contribution in [2.75, 3.05) is 18.5 Å². The van der Waals surface area contributed by atoms with Crippen molar-refractivity contribution in [1.29, 1.82) is 0 Å². The minimum absolute atomic E-state index is 0.0205. The Morgan fingerprint density at radius 1 is 1.10 bits per heavy atom. The monoisotopic (exact) mass is 563 g/mol. The van der Waals surface area contributed by atoms with Gasteiger partial charge >= 0.3 is 12.1 Å². The summed E-state index contributed by atoms with van der Waals surface area (Å²) in [5, 5.41) is 14.6. The third-order valence-electron chi connectivity index (χ3n) is 5.82. The van der Waals surface area contributed by atoms with Gasteiger partial charge in [0, 0.05) is 46.2 Å². The van der Waals surface area contributed by atoms with Crippen LogP contribution < -0.4 is 15.4 Å². The highest BCUT2D eigenvalue weighted by Crippen LogP contribution is 2.35. The lowest BCUT2D eigenvalue weighted by Gasteiger charge is -2.20. The number of nitrogens with one attached hydrogen (secondary N) is 2. The zero-order chi connectivity index (χ0) is 28.4. The van der Waals surface area contributed by atoms with E-state index in [9.17, 15) is 22.8 Å². The smallest absolute Gasteiger partial charge is 0.416 e. The number of carbonyl (C=O) groups excluding carboxylic acids is 1. The number of aliphatic carboxylic acids is 1. The number of ether oxygens (including phenoxy) is 1. The number of anilines is 1. The molecule has 0 radical (unpaired) electrons. The van der Waals surface area contributed by atoms with E-state index >= 15 is 0 Å². The second kappa shape index (κ2) is 13.8. The summed E-state index contributed by atoms with van der Waals surface area (Å²) in [6.07, 6.45) is -0.338. The van der Waals surface area contributed by atoms with Crippen LogP contribution in [0.2, 0.25) is 5.02 Å². The molecule has 1 heterocycles. The molecule has 0 saturated carbocycles. The van der Waals surface area contributed by atoms with Crippen molar-refractivity contribution in [3.8, 4) is 17.0 Å². The Labute approximate surface area is 229 Å². The highest BCUT2D eigenvalue weighted by Gasteiger charge is 2.31. The second-order valence-electron chi connectivity index (χ2n) is 8.85. The average molecular weight is 564 g/mol. The topological polar surface area (TPSA) is 101 Å². The molecule has 0 aliphatic carbocycles. The first-order chi connectivity index (χ1) is 18.6. The average Bonchev–Trinajstić information content (AvgIpc) is 2.90. The number of nitrogens with zero attached hydrogens (tertiary/aromatic N) is 1. The summed E-state index contributed by atoms with van der Waals surface area (Å²) in [5.74, 6) is -0.968. The van der Waals surface area contributed by atoms with Gasteiger partial charge in [-0.25, -0.2) is 4.98 Å². The number of benzene rings is 2. The molecule has 0 aliphatic heterocycles. The van der Waals surface area contributed by atoms with Gasteiger partial charge in [-0.15, -0.1) is 0 Å². The number of carboxylic acid groups (broad SMARTS) is 1. The van der Waals surface area contributed by atoms with Gasteiger partial charge in [0.25, 0.3) is 5.91 Å². The van der Waals surface area contributed by atoms with Gasteiger partial charge in [-0.3, -0.25) is 9.59 Å². The van der Waals surface area contributed by atoms with Gasteiger partial charge < -0.3 is 20.5 Å². The number of pyridine rings is 1. The summed E-state index contributed by atoms with van der Waals surface area (Å²) in [7, 11) is 0. The first-order valence-electron chi connectivity index (χ1n) is 12.4. The predicted molar refractivity (Wildman–Crippen MR) is 143 cm³/mol. The van der Waals surface area contributed by atoms with E-state index in [0.29, 0.717) is 29.2 Å². The zero-order valence-corrected chi connectivity index (χ0v) is 22.0. The Balaban J connectivity index is 1.59. The van der Waals surface area contributed by atoms with Crippen molar-refractivity contribution >= 4 is 29.2 Å². The lowest BCUT2D eigenvalue weighted by atomic mass is 10.1. The van der Waals surface area contributed by atoms with Gasteiger partial charge in [-0.05, 0) is 48.9 Å². The Morgan fingerprint density at radius 3 is 2.44 bits per heavy atom. The van der Waals surface area contributed by atoms with E-state index < -0.39 is 17.7 Å². The maximum absolute atomic E-state index is 12.9. The van der Waals surface area contributed by atoms with Crippen molar-refractivity contribution in [3.05, 3.63) is 76.9 Å². The summed E-state index contributed by atoms with van der Waals surface area (Å²) in [6.45, 7) is 2.45. The second-order valence-corrected chi connectivity index (χ2v) is 9.26. The number of carboxylic acids is 1. The number of halogens is 4. The predicted octanol–water partition coefficient (Wildman–Crippen LogP) is 6.68. The fraction of sp³-hybridized carbons (Fsp3) is 0.321. The molecule has 3 N–H and O–H groups in total. The minimum atomic E-state index is -4.47. The van der Waals surface area contributed by atoms with Crippen LogP contribution in [0.3, 0.4) is 0 Å². The molecule has 0 bridgehead atoms. The molecule has 0 fully saturated rings. The van der Waals surface area contributed by atoms with Crippen LogP contribution in [0, 0.1) is 0 Å². The first-order valence-corrected chi connectivity index (χ1v) is 12.8. The number of aromatic nitrogens is 1. The number of hydrogen-bond donors (Lipinski definition) is 3. The fourth-order valence-corrected chi connectivity index (χ4v) is 4.01. The normalized spacial score (nSPS) is 12.0. The van der Waals surface area contributed by atoms with Gasteiger partial charge in [0.05, 0.1) is 18.0 Å². The van der Waals surface area contributed by atoms with Gasteiger partial charge in [0.2, 0.25) is 5.88 Å². The van der Waals surface area contributed by atoms with Gasteiger partial charge in [-0.1, -0.05) is 37.4 Å². The summed E-state index contributed by atoms with van der Waals surface area (Å²) < 4.78 is 44.6. The molecule has 0 spiro atoms. The molecule has 0 unspecified atom stereocenters. The van der Waals surface area contributed by atoms with Crippen LogP contribution in [0.15, 0.2) is 60.8 Å². The van der Waals surface area contributed by atoms with Crippen molar-refractivity contribution < 1.29 is 32.6 Å². The van der Waals surface area contributed by atoms with Crippen LogP contribution in [0.5, 0.6) is 5.88 Å². The molecule has 39 heavy (non-hydrogen) atoms. The Kier molecular flexibility index (Phi) is 10.6. The number of amides is 1. The summed E-state index contributed by atoms with van der Waals surface area (Å²) in [4.78, 5) is 27.0. The molecule has 3 rings (SSSR count). The highest BCUT2D eigenvalue weighted by molar-refractivity contribution is 6.33. The molecule has 7 nitrogen and oxygen atoms in total. The van der Waals surface area contributed by atoms with E-state index in [1.165, 1.54) is 12.3 Å². The summed E-state index contributed by atoms with van der Waals surface area (Å²) in [5.41, 5.74) is 1.40. The molecule has 0 saturated heterocycles. The Bertz CT molecular complexity index is 1250. The Morgan fingerprint density at radius 2 is 1.85 bits per heavy atom. The van der Waals surface area contributed by atoms with Crippen molar-refractivity contribution in [2.45, 2.75) is 44.8 Å². The first kappa shape index (κ1) is 29.8. The van der Waals surface area contributed by atoms with E-state index in [4.69, 9.17) is 21.4 Å². The van der Waals surface area contributed by atoms with Gasteiger partial charge in [0.15, 0.2) is 0 Å². The molecule has 208 valence electrons. The molecular weight excluding hydrogens is 535 g/mol. The minimum Gasteiger partial charge on any atom is -0.481 e. The van der Waals surface area contributed by atoms with Crippen molar-refractivity contribution in [2.24, 2.45) is 0 Å². The fourth-order valence-electron chi connectivity index (χ4n) is 3.72. The third kappa shape index (κ3) is 9.17. The van der Waals surface area contributed by atoms with E-state index in [-0.39, 0.29) is 29.9 Å². The number of unbranched alkanes of at least 4 members (excludes halogenated alkanes) is 1. The van der Waals surface area contributed by atoms with Crippen LogP contribution in [0.4, 0.5) is 18.9 Å². The van der Waals surface area contributed by atoms with Crippen molar-refractivity contribution in [3.63, 3.8) is 0 Å². The molecule has 1 amide bonds. The van der Waals surface area contributed by atoms with Crippen LogP contribution in [-0.2, 0) is 11.0 Å². The lowest BCUT2D eigenvalue weighted by Crippen LogP contribution is -2.28. The standard InChI is InChI=1S/C28H29ClF3N3O4/c1-2-3-4-22(35-21-9-5-18(6-10-21)27(38)33-14-13-26(36)37)17-39-25-12-7-19(16-34-25)23-11-8-20(15-24(23)29)28(30,31)32/h5-12,15-16,22,35H,2-4,13-14,17H2,1H3,(H,33,38)(H,36,37)/t22-/m0/s1. The molecule has 3 aromatic rings. The Hall–Kier alpha value is -3.79. The molecular formula is C28H29ClF3N3O4. The number of carbonyl (C=O) groups is 2. The SMILES string of the molecule is CCCC[C@@H](COc1ccc(-c2ccc(C(F)(F)F)cc2Cl)cn1)Nc1ccc(C(=O)NCCC(=O)O)cc1. The van der Waals surface area contributed by atoms with Gasteiger partial charge in [-0.2, -0.15) is 13.2 Å². The number of rotatable bonds is 13. The maximum Gasteiger partial charge on any atom is 0.416 e. The van der Waals surface area contributed by atoms with Crippen LogP contribution in [0.1, 0.15) is 48.5 Å². The van der Waals surface area contributed by atoms with E-state index in [2.05, 4.69) is 22.5 Å². The third-order valence-corrected chi connectivity index (χ3v) is 6.14. The molecule has 1 atom stereocenters. The zero-order valence-electron chi connectivity index (χ0n) is 21.2. The molecule has 11 heteroatoms. The summed E-state index contributed by atoms with van der Waals surface area (Å²) >= 11 is 6.09. The highest BCUT2D eigenvalue weighted by atomic mass is 35.5. The molecule has 1 aromatic heterocycles. The molecule has 0 aliphatic rings. The van der Waals surface area contributed by atoms with E-state index in [1.54, 1.807) is 36.4 Å². The van der Waals surface area contributed by atoms with E-state index in [1.807, 2.05) is 0 Å². The van der Waals surface area contributed by atoms with Crippen molar-refractivity contribution in [1.82, 2.24) is 10.3 Å². The van der Waals surface area contributed by atoms with Gasteiger partial charge in [0.1, 0.15) is 6.61 Å². The quantitative estimate of drug-likeness (QED) is 0.215. The van der Waals surface area contributed by atoms with E-state index in [0.717, 1.165) is 37.1 Å². The van der Waals surface area contributed by atoms with Crippen LogP contribution >= 0.6 is 11.6 Å². The maximum atomic E-state index is 12.9. The van der Waals surface area contributed by atoms with Crippen LogP contribution in [0.25, 0.3) is 11.1 Å². The largest absolute Gasteiger partial charge is 0.481 e. The van der Waals surface area contributed by atoms with Crippen LogP contribution in [-0.4, -0.2) is 41.2 Å². The number of hydrogen-bond acceptors (Lipinski definition) is 5.